The van der Waals surface area contributed by atoms with Gasteiger partial charge in [0.2, 0.25) is 0 Å². The van der Waals surface area contributed by atoms with E-state index in [4.69, 9.17) is 5.11 Å². The number of carboxylic acid groups (broad SMARTS) is 1. The lowest BCUT2D eigenvalue weighted by Gasteiger charge is -2.27. The maximum Gasteiger partial charge on any atom is 0.326 e. The molecule has 0 heterocycles. The van der Waals surface area contributed by atoms with E-state index in [1.165, 1.54) is 0 Å². The van der Waals surface area contributed by atoms with E-state index in [1.54, 1.807) is 20.8 Å². The van der Waals surface area contributed by atoms with Crippen molar-refractivity contribution in [1.82, 2.24) is 5.32 Å². The zero-order valence-corrected chi connectivity index (χ0v) is 11.3. The topological polar surface area (TPSA) is 78.4 Å². The molecule has 0 aliphatic carbocycles. The van der Waals surface area contributed by atoms with Crippen LogP contribution in [0.4, 0.5) is 19.3 Å². The number of anilines is 1. The highest BCUT2D eigenvalue weighted by molar-refractivity contribution is 5.92. The van der Waals surface area contributed by atoms with Crippen molar-refractivity contribution >= 4 is 17.7 Å². The highest BCUT2D eigenvalue weighted by Gasteiger charge is 2.32. The molecular formula is C13H16F2N2O3. The van der Waals surface area contributed by atoms with E-state index in [0.29, 0.717) is 0 Å². The Bertz CT molecular complexity index is 527. The zero-order valence-electron chi connectivity index (χ0n) is 11.3. The monoisotopic (exact) mass is 286 g/mol. The van der Waals surface area contributed by atoms with E-state index in [9.17, 15) is 18.4 Å². The average Bonchev–Trinajstić information content (AvgIpc) is 2.29. The summed E-state index contributed by atoms with van der Waals surface area (Å²) >= 11 is 0. The summed E-state index contributed by atoms with van der Waals surface area (Å²) in [6.45, 7) is 4.90. The number of nitrogens with one attached hydrogen (secondary N) is 2. The van der Waals surface area contributed by atoms with Crippen molar-refractivity contribution in [3.8, 4) is 0 Å². The molecule has 0 radical (unpaired) electrons. The third-order valence-corrected chi connectivity index (χ3v) is 2.57. The molecule has 20 heavy (non-hydrogen) atoms. The first kappa shape index (κ1) is 15.9. The molecule has 0 unspecified atom stereocenters. The number of hydrogen-bond donors (Lipinski definition) is 3. The Morgan fingerprint density at radius 2 is 1.85 bits per heavy atom. The molecule has 1 atom stereocenters. The number of hydrogen-bond acceptors (Lipinski definition) is 2. The van der Waals surface area contributed by atoms with Gasteiger partial charge in [-0.3, -0.25) is 0 Å². The lowest BCUT2D eigenvalue weighted by atomic mass is 9.87. The van der Waals surface area contributed by atoms with Crippen LogP contribution in [0.25, 0.3) is 0 Å². The lowest BCUT2D eigenvalue weighted by Crippen LogP contribution is -2.50. The summed E-state index contributed by atoms with van der Waals surface area (Å²) < 4.78 is 26.3. The molecular weight excluding hydrogens is 270 g/mol. The fraction of sp³-hybridized carbons (Fsp3) is 0.385. The number of urea groups is 1. The molecule has 0 saturated carbocycles. The number of carbonyl (C=O) groups excluding carboxylic acids is 1. The summed E-state index contributed by atoms with van der Waals surface area (Å²) in [4.78, 5) is 22.7. The minimum atomic E-state index is -1.22. The number of aliphatic carboxylic acids is 1. The number of carboxylic acids is 1. The molecule has 1 aromatic carbocycles. The van der Waals surface area contributed by atoms with E-state index in [1.807, 2.05) is 0 Å². The van der Waals surface area contributed by atoms with Gasteiger partial charge in [0.15, 0.2) is 0 Å². The Morgan fingerprint density at radius 1 is 1.25 bits per heavy atom. The van der Waals surface area contributed by atoms with Crippen LogP contribution in [0, 0.1) is 17.0 Å². The minimum absolute atomic E-state index is 0.361. The molecule has 110 valence electrons. The van der Waals surface area contributed by atoms with Crippen LogP contribution in [0.15, 0.2) is 18.2 Å². The predicted molar refractivity (Wildman–Crippen MR) is 69.4 cm³/mol. The fourth-order valence-corrected chi connectivity index (χ4v) is 1.53. The third-order valence-electron chi connectivity index (χ3n) is 2.57. The van der Waals surface area contributed by atoms with Gasteiger partial charge in [-0.1, -0.05) is 20.8 Å². The Hall–Kier alpha value is -2.18. The zero-order chi connectivity index (χ0) is 15.5. The first-order chi connectivity index (χ1) is 9.11. The van der Waals surface area contributed by atoms with Crippen molar-refractivity contribution in [2.45, 2.75) is 26.8 Å². The first-order valence-corrected chi connectivity index (χ1v) is 5.86. The Labute approximate surface area is 115 Å². The van der Waals surface area contributed by atoms with E-state index in [-0.39, 0.29) is 5.69 Å². The number of benzene rings is 1. The number of carbonyl (C=O) groups is 2. The van der Waals surface area contributed by atoms with Crippen molar-refractivity contribution in [2.75, 3.05) is 5.32 Å². The molecule has 1 aromatic rings. The van der Waals surface area contributed by atoms with Crippen molar-refractivity contribution in [1.29, 1.82) is 0 Å². The molecule has 0 spiro atoms. The third kappa shape index (κ3) is 4.18. The Balaban J connectivity index is 2.81. The van der Waals surface area contributed by atoms with Gasteiger partial charge in [0, 0.05) is 6.07 Å². The molecule has 0 bridgehead atoms. The molecule has 0 aromatic heterocycles. The van der Waals surface area contributed by atoms with Gasteiger partial charge in [0.05, 0.1) is 5.69 Å². The van der Waals surface area contributed by atoms with Crippen LogP contribution in [-0.4, -0.2) is 23.1 Å². The second-order valence-corrected chi connectivity index (χ2v) is 5.36. The summed E-state index contributed by atoms with van der Waals surface area (Å²) in [5.74, 6) is -2.75. The molecule has 0 saturated heterocycles. The minimum Gasteiger partial charge on any atom is -0.480 e. The number of rotatable bonds is 3. The van der Waals surface area contributed by atoms with Crippen LogP contribution in [-0.2, 0) is 4.79 Å². The van der Waals surface area contributed by atoms with E-state index >= 15 is 0 Å². The maximum atomic E-state index is 13.3. The van der Waals surface area contributed by atoms with Crippen molar-refractivity contribution < 1.29 is 23.5 Å². The predicted octanol–water partition coefficient (Wildman–Crippen LogP) is 2.59. The smallest absolute Gasteiger partial charge is 0.326 e. The first-order valence-electron chi connectivity index (χ1n) is 5.86. The summed E-state index contributed by atoms with van der Waals surface area (Å²) in [6, 6.07) is 0.495. The molecule has 0 aliphatic rings. The van der Waals surface area contributed by atoms with Crippen LogP contribution in [0.2, 0.25) is 0 Å². The maximum absolute atomic E-state index is 13.3. The Morgan fingerprint density at radius 3 is 2.35 bits per heavy atom. The van der Waals surface area contributed by atoms with Crippen molar-refractivity contribution in [3.63, 3.8) is 0 Å². The van der Waals surface area contributed by atoms with Crippen LogP contribution >= 0.6 is 0 Å². The van der Waals surface area contributed by atoms with Gasteiger partial charge in [-0.25, -0.2) is 18.4 Å². The highest BCUT2D eigenvalue weighted by atomic mass is 19.1. The summed E-state index contributed by atoms with van der Waals surface area (Å²) in [6.07, 6.45) is 0. The van der Waals surface area contributed by atoms with Crippen molar-refractivity contribution in [3.05, 3.63) is 29.8 Å². The van der Waals surface area contributed by atoms with E-state index < -0.39 is 35.1 Å². The SMILES string of the molecule is CC(C)(C)[C@H](NC(=O)Nc1cc(F)ccc1F)C(=O)O. The second-order valence-electron chi connectivity index (χ2n) is 5.36. The summed E-state index contributed by atoms with van der Waals surface area (Å²) in [5, 5.41) is 13.3. The lowest BCUT2D eigenvalue weighted by molar-refractivity contribution is -0.141. The molecule has 7 heteroatoms. The number of amides is 2. The summed E-state index contributed by atoms with van der Waals surface area (Å²) in [7, 11) is 0. The molecule has 0 fully saturated rings. The standard InChI is InChI=1S/C13H16F2N2O3/c1-13(2,3)10(11(18)19)17-12(20)16-9-6-7(14)4-5-8(9)15/h4-6,10H,1-3H3,(H,18,19)(H2,16,17,20)/t10-/m1/s1. The van der Waals surface area contributed by atoms with E-state index in [2.05, 4.69) is 10.6 Å². The van der Waals surface area contributed by atoms with Gasteiger partial charge in [0.1, 0.15) is 17.7 Å². The molecule has 0 aliphatic heterocycles. The van der Waals surface area contributed by atoms with Crippen LogP contribution in [0.1, 0.15) is 20.8 Å². The number of halogens is 2. The van der Waals surface area contributed by atoms with Gasteiger partial charge in [-0.15, -0.1) is 0 Å². The Kier molecular flexibility index (Phi) is 4.65. The molecule has 2 amide bonds. The quantitative estimate of drug-likeness (QED) is 0.799. The fourth-order valence-electron chi connectivity index (χ4n) is 1.53. The van der Waals surface area contributed by atoms with Gasteiger partial charge >= 0.3 is 12.0 Å². The highest BCUT2D eigenvalue weighted by Crippen LogP contribution is 2.20. The molecule has 5 nitrogen and oxygen atoms in total. The van der Waals surface area contributed by atoms with Crippen molar-refractivity contribution in [2.24, 2.45) is 5.41 Å². The summed E-state index contributed by atoms with van der Waals surface area (Å²) in [5.41, 5.74) is -1.09. The molecule has 1 rings (SSSR count). The molecule has 3 N–H and O–H groups in total. The van der Waals surface area contributed by atoms with Crippen LogP contribution < -0.4 is 10.6 Å². The normalized spacial score (nSPS) is 12.7. The van der Waals surface area contributed by atoms with Gasteiger partial charge in [-0.2, -0.15) is 0 Å². The second kappa shape index (κ2) is 5.85. The average molecular weight is 286 g/mol. The van der Waals surface area contributed by atoms with Gasteiger partial charge < -0.3 is 15.7 Å². The van der Waals surface area contributed by atoms with Crippen LogP contribution in [0.5, 0.6) is 0 Å². The van der Waals surface area contributed by atoms with E-state index in [0.717, 1.165) is 18.2 Å². The van der Waals surface area contributed by atoms with Crippen LogP contribution in [0.3, 0.4) is 0 Å². The van der Waals surface area contributed by atoms with Gasteiger partial charge in [0.25, 0.3) is 0 Å². The van der Waals surface area contributed by atoms with Gasteiger partial charge in [-0.05, 0) is 17.5 Å². The largest absolute Gasteiger partial charge is 0.480 e.